The number of aryl methyl sites for hydroxylation is 1. The van der Waals surface area contributed by atoms with Gasteiger partial charge >= 0.3 is 0 Å². The van der Waals surface area contributed by atoms with Gasteiger partial charge in [0.1, 0.15) is 11.5 Å². The summed E-state index contributed by atoms with van der Waals surface area (Å²) in [4.78, 5) is 14.6. The zero-order valence-corrected chi connectivity index (χ0v) is 13.2. The third-order valence-electron chi connectivity index (χ3n) is 3.84. The fraction of sp³-hybridized carbons (Fsp3) is 0.333. The number of likely N-dealkylation sites (tertiary alicyclic amines) is 1. The summed E-state index contributed by atoms with van der Waals surface area (Å²) < 4.78 is 15.7. The first kappa shape index (κ1) is 14.3. The van der Waals surface area contributed by atoms with Gasteiger partial charge in [-0.25, -0.2) is 4.39 Å². The summed E-state index contributed by atoms with van der Waals surface area (Å²) in [5, 5.41) is 4.08. The number of nitrogens with zero attached hydrogens (tertiary/aromatic N) is 3. The van der Waals surface area contributed by atoms with Crippen molar-refractivity contribution in [3.63, 3.8) is 0 Å². The van der Waals surface area contributed by atoms with Crippen molar-refractivity contribution in [2.45, 2.75) is 18.9 Å². The maximum atomic E-state index is 13.4. The summed E-state index contributed by atoms with van der Waals surface area (Å²) in [5.41, 5.74) is 1.37. The first-order valence-electron chi connectivity index (χ1n) is 6.82. The summed E-state index contributed by atoms with van der Waals surface area (Å²) in [6, 6.07) is 6.41. The van der Waals surface area contributed by atoms with E-state index in [2.05, 4.69) is 21.0 Å². The molecular formula is C15H15BrFN3O. The van der Waals surface area contributed by atoms with Gasteiger partial charge in [0, 0.05) is 13.6 Å². The lowest BCUT2D eigenvalue weighted by Gasteiger charge is -2.25. The Morgan fingerprint density at radius 1 is 1.48 bits per heavy atom. The van der Waals surface area contributed by atoms with E-state index in [1.807, 2.05) is 6.07 Å². The van der Waals surface area contributed by atoms with Crippen LogP contribution in [0.3, 0.4) is 0 Å². The highest BCUT2D eigenvalue weighted by atomic mass is 79.9. The number of halogens is 2. The van der Waals surface area contributed by atoms with Crippen molar-refractivity contribution in [2.24, 2.45) is 7.05 Å². The lowest BCUT2D eigenvalue weighted by Crippen LogP contribution is -2.32. The lowest BCUT2D eigenvalue weighted by atomic mass is 10.0. The number of aromatic nitrogens is 2. The van der Waals surface area contributed by atoms with E-state index < -0.39 is 0 Å². The van der Waals surface area contributed by atoms with Gasteiger partial charge in [-0.15, -0.1) is 0 Å². The summed E-state index contributed by atoms with van der Waals surface area (Å²) in [5.74, 6) is -0.345. The molecule has 1 atom stereocenters. The van der Waals surface area contributed by atoms with Crippen molar-refractivity contribution in [1.82, 2.24) is 14.7 Å². The van der Waals surface area contributed by atoms with E-state index in [1.165, 1.54) is 12.1 Å². The molecule has 0 radical (unpaired) electrons. The molecule has 1 aromatic carbocycles. The summed E-state index contributed by atoms with van der Waals surface area (Å²) in [6.45, 7) is 0.678. The maximum Gasteiger partial charge on any atom is 0.273 e. The van der Waals surface area contributed by atoms with Gasteiger partial charge in [-0.2, -0.15) is 5.10 Å². The van der Waals surface area contributed by atoms with Crippen molar-refractivity contribution in [1.29, 1.82) is 0 Å². The molecule has 0 unspecified atom stereocenters. The molecule has 1 aliphatic rings. The van der Waals surface area contributed by atoms with Crippen LogP contribution in [-0.4, -0.2) is 27.1 Å². The number of hydrogen-bond acceptors (Lipinski definition) is 2. The van der Waals surface area contributed by atoms with E-state index in [1.54, 1.807) is 28.9 Å². The van der Waals surface area contributed by atoms with Crippen LogP contribution in [0.15, 0.2) is 34.9 Å². The smallest absolute Gasteiger partial charge is 0.273 e. The molecule has 2 heterocycles. The monoisotopic (exact) mass is 351 g/mol. The Labute approximate surface area is 130 Å². The van der Waals surface area contributed by atoms with Gasteiger partial charge in [-0.1, -0.05) is 12.1 Å². The molecule has 0 spiro atoms. The second-order valence-corrected chi connectivity index (χ2v) is 6.03. The molecule has 110 valence electrons. The van der Waals surface area contributed by atoms with Crippen molar-refractivity contribution >= 4 is 21.8 Å². The van der Waals surface area contributed by atoms with E-state index >= 15 is 0 Å². The van der Waals surface area contributed by atoms with Gasteiger partial charge in [0.15, 0.2) is 0 Å². The summed E-state index contributed by atoms with van der Waals surface area (Å²) in [6.07, 6.45) is 3.38. The topological polar surface area (TPSA) is 38.1 Å². The average molecular weight is 352 g/mol. The van der Waals surface area contributed by atoms with E-state index in [0.717, 1.165) is 18.4 Å². The van der Waals surface area contributed by atoms with Gasteiger partial charge in [0.05, 0.1) is 16.7 Å². The molecule has 3 rings (SSSR count). The first-order chi connectivity index (χ1) is 10.1. The highest BCUT2D eigenvalue weighted by molar-refractivity contribution is 9.10. The standard InChI is InChI=1S/C15H15BrFN3O/c1-19-14(12(16)9-18-19)15(21)20-7-3-6-13(20)10-4-2-5-11(17)8-10/h2,4-5,8-9,13H,3,6-7H2,1H3/t13-/m1/s1. The Hall–Kier alpha value is -1.69. The van der Waals surface area contributed by atoms with Crippen molar-refractivity contribution < 1.29 is 9.18 Å². The molecule has 4 nitrogen and oxygen atoms in total. The Bertz CT molecular complexity index is 666. The highest BCUT2D eigenvalue weighted by Gasteiger charge is 2.33. The van der Waals surface area contributed by atoms with Crippen LogP contribution >= 0.6 is 15.9 Å². The number of amides is 1. The predicted octanol–water partition coefficient (Wildman–Crippen LogP) is 3.30. The molecule has 1 aliphatic heterocycles. The molecule has 0 aliphatic carbocycles. The fourth-order valence-corrected chi connectivity index (χ4v) is 3.38. The number of carbonyl (C=O) groups excluding carboxylic acids is 1. The SMILES string of the molecule is Cn1ncc(Br)c1C(=O)N1CCC[C@@H]1c1cccc(F)c1. The Morgan fingerprint density at radius 2 is 2.29 bits per heavy atom. The van der Waals surface area contributed by atoms with E-state index in [4.69, 9.17) is 0 Å². The molecule has 0 bridgehead atoms. The largest absolute Gasteiger partial charge is 0.330 e. The van der Waals surface area contributed by atoms with Gasteiger partial charge < -0.3 is 4.90 Å². The molecule has 6 heteroatoms. The molecule has 1 amide bonds. The normalized spacial score (nSPS) is 18.2. The molecule has 21 heavy (non-hydrogen) atoms. The van der Waals surface area contributed by atoms with Gasteiger partial charge in [0.2, 0.25) is 0 Å². The molecule has 2 aromatic rings. The van der Waals surface area contributed by atoms with Gasteiger partial charge in [-0.3, -0.25) is 9.48 Å². The maximum absolute atomic E-state index is 13.4. The first-order valence-corrected chi connectivity index (χ1v) is 7.61. The quantitative estimate of drug-likeness (QED) is 0.832. The van der Waals surface area contributed by atoms with Crippen LogP contribution in [-0.2, 0) is 7.05 Å². The number of hydrogen-bond donors (Lipinski definition) is 0. The molecule has 1 aromatic heterocycles. The Balaban J connectivity index is 1.93. The van der Waals surface area contributed by atoms with Crippen LogP contribution in [0.5, 0.6) is 0 Å². The minimum atomic E-state index is -0.270. The average Bonchev–Trinajstić information content (AvgIpc) is 3.05. The van der Waals surface area contributed by atoms with Crippen molar-refractivity contribution in [2.75, 3.05) is 6.54 Å². The molecule has 1 saturated heterocycles. The predicted molar refractivity (Wildman–Crippen MR) is 80.3 cm³/mol. The zero-order chi connectivity index (χ0) is 15.0. The van der Waals surface area contributed by atoms with Crippen LogP contribution in [0.2, 0.25) is 0 Å². The number of benzene rings is 1. The second kappa shape index (κ2) is 5.60. The zero-order valence-electron chi connectivity index (χ0n) is 11.6. The number of carbonyl (C=O) groups is 1. The van der Waals surface area contributed by atoms with Crippen LogP contribution in [0.1, 0.15) is 34.9 Å². The Kier molecular flexibility index (Phi) is 3.80. The fourth-order valence-electron chi connectivity index (χ4n) is 2.86. The van der Waals surface area contributed by atoms with E-state index in [9.17, 15) is 9.18 Å². The summed E-state index contributed by atoms with van der Waals surface area (Å²) >= 11 is 3.36. The van der Waals surface area contributed by atoms with Crippen LogP contribution in [0, 0.1) is 5.82 Å². The van der Waals surface area contributed by atoms with E-state index in [0.29, 0.717) is 16.7 Å². The summed E-state index contributed by atoms with van der Waals surface area (Å²) in [7, 11) is 1.74. The Morgan fingerprint density at radius 3 is 2.95 bits per heavy atom. The minimum absolute atomic E-state index is 0.0741. The highest BCUT2D eigenvalue weighted by Crippen LogP contribution is 2.34. The third-order valence-corrected chi connectivity index (χ3v) is 4.42. The molecule has 0 N–H and O–H groups in total. The van der Waals surface area contributed by atoms with Crippen LogP contribution < -0.4 is 0 Å². The minimum Gasteiger partial charge on any atom is -0.330 e. The number of rotatable bonds is 2. The molecule has 0 saturated carbocycles. The molecule has 1 fully saturated rings. The van der Waals surface area contributed by atoms with Gasteiger partial charge in [0.25, 0.3) is 5.91 Å². The third kappa shape index (κ3) is 2.60. The van der Waals surface area contributed by atoms with Gasteiger partial charge in [-0.05, 0) is 46.5 Å². The second-order valence-electron chi connectivity index (χ2n) is 5.18. The molecular weight excluding hydrogens is 337 g/mol. The van der Waals surface area contributed by atoms with Crippen molar-refractivity contribution in [3.05, 3.63) is 52.0 Å². The van der Waals surface area contributed by atoms with E-state index in [-0.39, 0.29) is 17.8 Å². The van der Waals surface area contributed by atoms with Crippen LogP contribution in [0.25, 0.3) is 0 Å². The van der Waals surface area contributed by atoms with Crippen molar-refractivity contribution in [3.8, 4) is 0 Å². The lowest BCUT2D eigenvalue weighted by molar-refractivity contribution is 0.0723. The van der Waals surface area contributed by atoms with Crippen LogP contribution in [0.4, 0.5) is 4.39 Å².